The maximum atomic E-state index is 12.1. The van der Waals surface area contributed by atoms with Crippen LogP contribution in [0.25, 0.3) is 0 Å². The molecule has 0 aromatic heterocycles. The van der Waals surface area contributed by atoms with E-state index in [1.807, 2.05) is 12.1 Å². The zero-order valence-corrected chi connectivity index (χ0v) is 44.0. The van der Waals surface area contributed by atoms with Crippen LogP contribution in [0.1, 0.15) is 323 Å². The van der Waals surface area contributed by atoms with Crippen LogP contribution in [0.2, 0.25) is 0 Å². The van der Waals surface area contributed by atoms with Crippen molar-refractivity contribution in [1.29, 1.82) is 0 Å². The number of benzene rings is 2. The van der Waals surface area contributed by atoms with Gasteiger partial charge in [-0.15, -0.1) is 0 Å². The SMILES string of the molecule is CCCCCCCCCCCCc1ccc(C(=O)O)c(C(=O)O)c1CCCCCCCCCCCC.CCCCCCCCCCc1ccc(C(=O)O)c(C(=O)O)c1CCCCCCCCCC. The van der Waals surface area contributed by atoms with E-state index in [-0.39, 0.29) is 22.3 Å². The van der Waals surface area contributed by atoms with E-state index in [0.29, 0.717) is 12.8 Å². The lowest BCUT2D eigenvalue weighted by Crippen LogP contribution is -2.14. The standard InChI is InChI=1S/C32H54O4.C28H46O4/c1-3-5-7-9-11-13-15-17-19-21-23-27-25-26-29(31(33)34)30(32(35)36)28(27)24-22-20-18-16-14-12-10-8-6-4-2;1-3-5-7-9-11-13-15-17-19-23-21-22-25(27(29)30)26(28(31)32)24(23)20-18-16-14-12-10-8-6-4-2/h25-26H,3-24H2,1-2H3,(H,33,34)(H,35,36);21-22H,3-20H2,1-2H3,(H,29,30)(H,31,32). The van der Waals surface area contributed by atoms with Crippen LogP contribution in [0, 0.1) is 0 Å². The van der Waals surface area contributed by atoms with Gasteiger partial charge in [-0.25, -0.2) is 19.2 Å². The molecule has 0 aliphatic heterocycles. The van der Waals surface area contributed by atoms with Gasteiger partial charge in [-0.2, -0.15) is 0 Å². The molecule has 8 nitrogen and oxygen atoms in total. The third-order valence-electron chi connectivity index (χ3n) is 13.9. The Kier molecular flexibility index (Phi) is 38.7. The predicted octanol–water partition coefficient (Wildman–Crippen LogP) is 18.5. The fourth-order valence-corrected chi connectivity index (χ4v) is 9.74. The summed E-state index contributed by atoms with van der Waals surface area (Å²) < 4.78 is 0. The summed E-state index contributed by atoms with van der Waals surface area (Å²) in [6.07, 6.45) is 47.3. The molecule has 68 heavy (non-hydrogen) atoms. The van der Waals surface area contributed by atoms with E-state index in [9.17, 15) is 39.6 Å². The summed E-state index contributed by atoms with van der Waals surface area (Å²) in [6, 6.07) is 6.72. The van der Waals surface area contributed by atoms with Crippen LogP contribution in [0.3, 0.4) is 0 Å². The third kappa shape index (κ3) is 28.7. The topological polar surface area (TPSA) is 149 Å². The number of carbonyl (C=O) groups is 4. The van der Waals surface area contributed by atoms with Gasteiger partial charge in [0.1, 0.15) is 0 Å². The van der Waals surface area contributed by atoms with Crippen molar-refractivity contribution in [2.75, 3.05) is 0 Å². The summed E-state index contributed by atoms with van der Waals surface area (Å²) in [5.41, 5.74) is 3.46. The van der Waals surface area contributed by atoms with E-state index in [2.05, 4.69) is 27.7 Å². The second kappa shape index (κ2) is 42.2. The fraction of sp³-hybridized carbons (Fsp3) is 0.733. The minimum atomic E-state index is -1.15. The molecule has 0 amide bonds. The highest BCUT2D eigenvalue weighted by atomic mass is 16.4. The molecule has 388 valence electrons. The number of unbranched alkanes of at least 4 members (excludes halogenated alkanes) is 32. The Hall–Kier alpha value is -3.68. The fourth-order valence-electron chi connectivity index (χ4n) is 9.74. The van der Waals surface area contributed by atoms with E-state index in [1.165, 1.54) is 185 Å². The summed E-state index contributed by atoms with van der Waals surface area (Å²) in [7, 11) is 0. The van der Waals surface area contributed by atoms with Gasteiger partial charge in [-0.3, -0.25) is 0 Å². The average molecular weight is 949 g/mol. The van der Waals surface area contributed by atoms with Crippen molar-refractivity contribution in [2.24, 2.45) is 0 Å². The number of hydrogen-bond acceptors (Lipinski definition) is 4. The highest BCUT2D eigenvalue weighted by molar-refractivity contribution is 6.03. The molecule has 0 atom stereocenters. The van der Waals surface area contributed by atoms with E-state index < -0.39 is 23.9 Å². The number of carboxylic acid groups (broad SMARTS) is 4. The van der Waals surface area contributed by atoms with E-state index in [4.69, 9.17) is 0 Å². The number of hydrogen-bond donors (Lipinski definition) is 4. The van der Waals surface area contributed by atoms with E-state index in [0.717, 1.165) is 92.9 Å². The molecule has 0 heterocycles. The Bertz CT molecular complexity index is 1630. The van der Waals surface area contributed by atoms with Crippen molar-refractivity contribution < 1.29 is 39.6 Å². The molecular formula is C60H100O8. The van der Waals surface area contributed by atoms with Gasteiger partial charge in [0.2, 0.25) is 0 Å². The van der Waals surface area contributed by atoms with Crippen LogP contribution in [0.5, 0.6) is 0 Å². The number of rotatable bonds is 44. The second-order valence-electron chi connectivity index (χ2n) is 19.8. The monoisotopic (exact) mass is 949 g/mol. The number of aromatic carboxylic acids is 4. The minimum absolute atomic E-state index is 0.0116. The van der Waals surface area contributed by atoms with Crippen LogP contribution in [0.15, 0.2) is 24.3 Å². The van der Waals surface area contributed by atoms with Crippen molar-refractivity contribution in [1.82, 2.24) is 0 Å². The zero-order chi connectivity index (χ0) is 50.0. The summed E-state index contributed by atoms with van der Waals surface area (Å²) in [4.78, 5) is 47.4. The highest BCUT2D eigenvalue weighted by Gasteiger charge is 2.24. The molecule has 0 saturated heterocycles. The smallest absolute Gasteiger partial charge is 0.336 e. The molecule has 0 aliphatic carbocycles. The quantitative estimate of drug-likeness (QED) is 0.0480. The maximum Gasteiger partial charge on any atom is 0.336 e. The summed E-state index contributed by atoms with van der Waals surface area (Å²) >= 11 is 0. The first kappa shape index (κ1) is 62.3. The maximum absolute atomic E-state index is 12.1. The first-order chi connectivity index (χ1) is 33.0. The zero-order valence-electron chi connectivity index (χ0n) is 44.0. The molecule has 0 spiro atoms. The predicted molar refractivity (Wildman–Crippen MR) is 284 cm³/mol. The Morgan fingerprint density at radius 1 is 0.279 bits per heavy atom. The van der Waals surface area contributed by atoms with Gasteiger partial charge in [0, 0.05) is 0 Å². The van der Waals surface area contributed by atoms with Gasteiger partial charge in [-0.05, 0) is 85.8 Å². The van der Waals surface area contributed by atoms with Crippen molar-refractivity contribution in [3.63, 3.8) is 0 Å². The molecule has 2 aromatic rings. The Morgan fingerprint density at radius 3 is 0.691 bits per heavy atom. The summed E-state index contributed by atoms with van der Waals surface area (Å²) in [6.45, 7) is 8.94. The average Bonchev–Trinajstić information content (AvgIpc) is 3.31. The van der Waals surface area contributed by atoms with Gasteiger partial charge in [-0.1, -0.05) is 245 Å². The Morgan fingerprint density at radius 2 is 0.485 bits per heavy atom. The van der Waals surface area contributed by atoms with Crippen LogP contribution in [0.4, 0.5) is 0 Å². The van der Waals surface area contributed by atoms with Crippen molar-refractivity contribution >= 4 is 23.9 Å². The van der Waals surface area contributed by atoms with E-state index >= 15 is 0 Å². The largest absolute Gasteiger partial charge is 0.478 e. The molecule has 2 rings (SSSR count). The molecule has 0 aliphatic rings. The Balaban J connectivity index is 0.000000685. The van der Waals surface area contributed by atoms with Crippen molar-refractivity contribution in [2.45, 2.75) is 285 Å². The summed E-state index contributed by atoms with van der Waals surface area (Å²) in [5, 5.41) is 38.7. The van der Waals surface area contributed by atoms with Gasteiger partial charge in [0.25, 0.3) is 0 Å². The van der Waals surface area contributed by atoms with Gasteiger partial charge in [0.15, 0.2) is 0 Å². The Labute approximate surface area is 415 Å². The first-order valence-electron chi connectivity index (χ1n) is 28.3. The van der Waals surface area contributed by atoms with Crippen LogP contribution < -0.4 is 0 Å². The second-order valence-corrected chi connectivity index (χ2v) is 19.8. The number of aryl methyl sites for hydroxylation is 2. The van der Waals surface area contributed by atoms with Crippen LogP contribution >= 0.6 is 0 Å². The summed E-state index contributed by atoms with van der Waals surface area (Å²) in [5.74, 6) is -4.53. The van der Waals surface area contributed by atoms with Crippen LogP contribution in [-0.4, -0.2) is 44.3 Å². The van der Waals surface area contributed by atoms with Crippen molar-refractivity contribution in [3.05, 3.63) is 68.8 Å². The number of carboxylic acids is 4. The molecule has 0 unspecified atom stereocenters. The van der Waals surface area contributed by atoms with Gasteiger partial charge < -0.3 is 20.4 Å². The van der Waals surface area contributed by atoms with Crippen molar-refractivity contribution in [3.8, 4) is 0 Å². The lowest BCUT2D eigenvalue weighted by molar-refractivity contribution is 0.0650. The molecule has 0 radical (unpaired) electrons. The lowest BCUT2D eigenvalue weighted by Gasteiger charge is -2.15. The molecule has 4 N–H and O–H groups in total. The van der Waals surface area contributed by atoms with Gasteiger partial charge in [0.05, 0.1) is 22.3 Å². The molecule has 8 heteroatoms. The van der Waals surface area contributed by atoms with E-state index in [1.54, 1.807) is 0 Å². The normalized spacial score (nSPS) is 11.1. The van der Waals surface area contributed by atoms with Crippen LogP contribution in [-0.2, 0) is 25.7 Å². The molecule has 2 aromatic carbocycles. The molecule has 0 fully saturated rings. The third-order valence-corrected chi connectivity index (χ3v) is 13.9. The molecule has 0 saturated carbocycles. The first-order valence-corrected chi connectivity index (χ1v) is 28.3. The minimum Gasteiger partial charge on any atom is -0.478 e. The molecule has 0 bridgehead atoms. The lowest BCUT2D eigenvalue weighted by atomic mass is 9.89. The highest BCUT2D eigenvalue weighted by Crippen LogP contribution is 2.27. The van der Waals surface area contributed by atoms with Gasteiger partial charge >= 0.3 is 23.9 Å². The molecular weight excluding hydrogens is 849 g/mol.